The lowest BCUT2D eigenvalue weighted by molar-refractivity contribution is 0.626. The van der Waals surface area contributed by atoms with E-state index in [1.54, 1.807) is 6.07 Å². The molecule has 0 N–H and O–H groups in total. The number of halogens is 3. The first-order valence-corrected chi connectivity index (χ1v) is 9.37. The number of nitriles is 1. The molecule has 25 heavy (non-hydrogen) atoms. The first kappa shape index (κ1) is 16.6. The van der Waals surface area contributed by atoms with Gasteiger partial charge in [-0.05, 0) is 64.2 Å². The van der Waals surface area contributed by atoms with Gasteiger partial charge < -0.3 is 4.57 Å². The molecule has 0 amide bonds. The molecule has 0 saturated heterocycles. The Balaban J connectivity index is 1.93. The second-order valence-corrected chi connectivity index (χ2v) is 7.75. The second-order valence-electron chi connectivity index (χ2n) is 6.46. The predicted molar refractivity (Wildman–Crippen MR) is 101 cm³/mol. The zero-order chi connectivity index (χ0) is 17.6. The van der Waals surface area contributed by atoms with Crippen LogP contribution < -0.4 is 0 Å². The van der Waals surface area contributed by atoms with E-state index in [1.165, 1.54) is 17.3 Å². The largest absolute Gasteiger partial charge is 0.339 e. The molecule has 1 aliphatic rings. The van der Waals surface area contributed by atoms with Crippen molar-refractivity contribution in [2.75, 3.05) is 0 Å². The Morgan fingerprint density at radius 1 is 1.28 bits per heavy atom. The molecule has 0 unspecified atom stereocenters. The van der Waals surface area contributed by atoms with Gasteiger partial charge in [-0.25, -0.2) is 4.39 Å². The van der Waals surface area contributed by atoms with Crippen molar-refractivity contribution in [2.45, 2.75) is 31.7 Å². The van der Waals surface area contributed by atoms with Gasteiger partial charge in [-0.1, -0.05) is 23.7 Å². The Bertz CT molecular complexity index is 1000. The van der Waals surface area contributed by atoms with E-state index in [0.29, 0.717) is 18.0 Å². The molecule has 0 spiro atoms. The van der Waals surface area contributed by atoms with Gasteiger partial charge in [0.25, 0.3) is 0 Å². The van der Waals surface area contributed by atoms with E-state index in [9.17, 15) is 9.65 Å². The van der Waals surface area contributed by atoms with E-state index in [4.69, 9.17) is 11.6 Å². The number of hydrogen-bond donors (Lipinski definition) is 0. The molecule has 0 bridgehead atoms. The summed E-state index contributed by atoms with van der Waals surface area (Å²) < 4.78 is 17.0. The molecule has 3 aromatic rings. The summed E-state index contributed by atoms with van der Waals surface area (Å²) >= 11 is 9.53. The van der Waals surface area contributed by atoms with Crippen LogP contribution in [0, 0.1) is 17.1 Å². The van der Waals surface area contributed by atoms with Gasteiger partial charge in [0.2, 0.25) is 0 Å². The molecular formula is C20H15BrClFN2. The van der Waals surface area contributed by atoms with Crippen molar-refractivity contribution in [2.24, 2.45) is 0 Å². The number of nitrogens with zero attached hydrogens (tertiary/aromatic N) is 2. The highest BCUT2D eigenvalue weighted by Gasteiger charge is 2.30. The van der Waals surface area contributed by atoms with Crippen LogP contribution in [0.3, 0.4) is 0 Å². The van der Waals surface area contributed by atoms with Gasteiger partial charge in [-0.15, -0.1) is 0 Å². The van der Waals surface area contributed by atoms with Crippen molar-refractivity contribution in [3.63, 3.8) is 0 Å². The van der Waals surface area contributed by atoms with Gasteiger partial charge in [-0.3, -0.25) is 0 Å². The van der Waals surface area contributed by atoms with E-state index in [1.807, 2.05) is 24.3 Å². The highest BCUT2D eigenvalue weighted by molar-refractivity contribution is 9.10. The molecule has 126 valence electrons. The molecule has 0 saturated carbocycles. The Morgan fingerprint density at radius 3 is 2.76 bits per heavy atom. The van der Waals surface area contributed by atoms with Crippen LogP contribution in [0.2, 0.25) is 5.02 Å². The monoisotopic (exact) mass is 416 g/mol. The number of fused-ring (bicyclic) bond motifs is 3. The van der Waals surface area contributed by atoms with Gasteiger partial charge in [0.1, 0.15) is 5.82 Å². The minimum atomic E-state index is -0.241. The number of hydrogen-bond acceptors (Lipinski definition) is 1. The molecule has 0 aliphatic heterocycles. The van der Waals surface area contributed by atoms with Crippen molar-refractivity contribution in [3.8, 4) is 6.07 Å². The third kappa shape index (κ3) is 2.86. The van der Waals surface area contributed by atoms with Crippen LogP contribution in [0.15, 0.2) is 40.9 Å². The average molecular weight is 418 g/mol. The summed E-state index contributed by atoms with van der Waals surface area (Å²) in [5.74, 6) is -0.0378. The molecule has 0 radical (unpaired) electrons. The highest BCUT2D eigenvalue weighted by atomic mass is 79.9. The summed E-state index contributed by atoms with van der Waals surface area (Å²) in [6, 6.07) is 13.2. The smallest absolute Gasteiger partial charge is 0.125 e. The minimum Gasteiger partial charge on any atom is -0.339 e. The maximum Gasteiger partial charge on any atom is 0.125 e. The third-order valence-electron chi connectivity index (χ3n) is 4.94. The van der Waals surface area contributed by atoms with Gasteiger partial charge in [0.05, 0.1) is 11.6 Å². The molecule has 2 nitrogen and oxygen atoms in total. The van der Waals surface area contributed by atoms with Crippen molar-refractivity contribution >= 4 is 38.4 Å². The Labute approximate surface area is 159 Å². The van der Waals surface area contributed by atoms with Crippen LogP contribution in [0.25, 0.3) is 10.9 Å². The van der Waals surface area contributed by atoms with Crippen LogP contribution in [0.4, 0.5) is 4.39 Å². The van der Waals surface area contributed by atoms with E-state index < -0.39 is 0 Å². The van der Waals surface area contributed by atoms with Crippen LogP contribution >= 0.6 is 27.5 Å². The molecule has 5 heteroatoms. The summed E-state index contributed by atoms with van der Waals surface area (Å²) in [5, 5.41) is 10.9. The van der Waals surface area contributed by atoms with Crippen molar-refractivity contribution < 1.29 is 4.39 Å². The van der Waals surface area contributed by atoms with Crippen molar-refractivity contribution in [1.29, 1.82) is 5.26 Å². The summed E-state index contributed by atoms with van der Waals surface area (Å²) in [6.07, 6.45) is 2.33. The fourth-order valence-electron chi connectivity index (χ4n) is 3.92. The molecule has 1 aromatic heterocycles. The normalized spacial score (nSPS) is 16.2. The Kier molecular flexibility index (Phi) is 4.31. The lowest BCUT2D eigenvalue weighted by atomic mass is 10.0. The topological polar surface area (TPSA) is 28.7 Å². The lowest BCUT2D eigenvalue weighted by Gasteiger charge is -2.15. The molecular weight excluding hydrogens is 403 g/mol. The predicted octanol–water partition coefficient (Wildman–Crippen LogP) is 6.19. The second kappa shape index (κ2) is 6.48. The maximum atomic E-state index is 14.0. The van der Waals surface area contributed by atoms with E-state index >= 15 is 0 Å². The van der Waals surface area contributed by atoms with Crippen LogP contribution in [-0.2, 0) is 13.0 Å². The van der Waals surface area contributed by atoms with Gasteiger partial charge in [0, 0.05) is 39.5 Å². The number of aromatic nitrogens is 1. The Morgan fingerprint density at radius 2 is 2.04 bits per heavy atom. The standard InChI is InChI=1S/C20H15BrClFN2/c21-18-10-15(23)9-17-16-6-3-13(7-8-24)19(16)25(20(17)18)11-12-1-4-14(22)5-2-12/h1-2,4-5,9-10,13H,3,6-7,11H2/t13-/m1/s1. The number of benzene rings is 2. The summed E-state index contributed by atoms with van der Waals surface area (Å²) in [7, 11) is 0. The number of aryl methyl sites for hydroxylation is 1. The molecule has 1 aliphatic carbocycles. The average Bonchev–Trinajstić information content (AvgIpc) is 3.10. The first-order valence-electron chi connectivity index (χ1n) is 8.20. The van der Waals surface area contributed by atoms with Gasteiger partial charge in [0.15, 0.2) is 0 Å². The van der Waals surface area contributed by atoms with E-state index in [2.05, 4.69) is 26.6 Å². The highest BCUT2D eigenvalue weighted by Crippen LogP contribution is 2.44. The van der Waals surface area contributed by atoms with Crippen molar-refractivity contribution in [3.05, 3.63) is 68.5 Å². The summed E-state index contributed by atoms with van der Waals surface area (Å²) in [6.45, 7) is 0.676. The third-order valence-corrected chi connectivity index (χ3v) is 5.80. The fraction of sp³-hybridized carbons (Fsp3) is 0.250. The Hall–Kier alpha value is -1.83. The van der Waals surface area contributed by atoms with Crippen LogP contribution in [-0.4, -0.2) is 4.57 Å². The van der Waals surface area contributed by atoms with Crippen LogP contribution in [0.5, 0.6) is 0 Å². The first-order chi connectivity index (χ1) is 12.1. The zero-order valence-corrected chi connectivity index (χ0v) is 15.7. The molecule has 2 aromatic carbocycles. The molecule has 1 atom stereocenters. The van der Waals surface area contributed by atoms with Gasteiger partial charge >= 0.3 is 0 Å². The van der Waals surface area contributed by atoms with E-state index in [0.717, 1.165) is 33.8 Å². The molecule has 4 rings (SSSR count). The summed E-state index contributed by atoms with van der Waals surface area (Å²) in [4.78, 5) is 0. The molecule has 0 fully saturated rings. The van der Waals surface area contributed by atoms with Crippen LogP contribution in [0.1, 0.15) is 35.6 Å². The molecule has 1 heterocycles. The van der Waals surface area contributed by atoms with Gasteiger partial charge in [-0.2, -0.15) is 5.26 Å². The minimum absolute atomic E-state index is 0.203. The number of rotatable bonds is 3. The van der Waals surface area contributed by atoms with E-state index in [-0.39, 0.29) is 11.7 Å². The SMILES string of the molecule is N#CC[C@H]1CCc2c1n(Cc1ccc(Cl)cc1)c1c(Br)cc(F)cc21. The summed E-state index contributed by atoms with van der Waals surface area (Å²) in [5.41, 5.74) is 4.49. The quantitative estimate of drug-likeness (QED) is 0.499. The van der Waals surface area contributed by atoms with Crippen molar-refractivity contribution in [1.82, 2.24) is 4.57 Å². The zero-order valence-electron chi connectivity index (χ0n) is 13.4. The maximum absolute atomic E-state index is 14.0. The fourth-order valence-corrected chi connectivity index (χ4v) is 4.69. The lowest BCUT2D eigenvalue weighted by Crippen LogP contribution is -2.07.